The van der Waals surface area contributed by atoms with E-state index >= 15 is 0 Å². The second-order valence-corrected chi connectivity index (χ2v) is 7.04. The van der Waals surface area contributed by atoms with Gasteiger partial charge < -0.3 is 18.8 Å². The van der Waals surface area contributed by atoms with Crippen molar-refractivity contribution in [2.75, 3.05) is 44.8 Å². The van der Waals surface area contributed by atoms with Crippen LogP contribution in [0.5, 0.6) is 11.5 Å². The zero-order chi connectivity index (χ0) is 20.1. The van der Waals surface area contributed by atoms with Gasteiger partial charge in [0.15, 0.2) is 0 Å². The summed E-state index contributed by atoms with van der Waals surface area (Å²) in [6, 6.07) is 16.1. The Bertz CT molecular complexity index is 932. The standard InChI is InChI=1S/C23H27N3O3/c1-3-28-22-10-5-4-9-21(22)23-24-18(17-29-23)16-25-11-13-26(14-12-25)19-7-6-8-20(15-19)27-2/h4-10,15,17H,3,11-14,16H2,1-2H3. The number of para-hydroxylation sites is 1. The zero-order valence-electron chi connectivity index (χ0n) is 17.0. The van der Waals surface area contributed by atoms with Crippen molar-refractivity contribution in [3.8, 4) is 23.0 Å². The molecule has 0 aliphatic carbocycles. The molecule has 6 nitrogen and oxygen atoms in total. The fourth-order valence-corrected chi connectivity index (χ4v) is 3.63. The first-order valence-electron chi connectivity index (χ1n) is 10.0. The molecule has 3 aromatic rings. The van der Waals surface area contributed by atoms with Gasteiger partial charge in [-0.3, -0.25) is 4.90 Å². The Labute approximate surface area is 171 Å². The average Bonchev–Trinajstić information content (AvgIpc) is 3.23. The van der Waals surface area contributed by atoms with Gasteiger partial charge in [-0.05, 0) is 31.2 Å². The number of anilines is 1. The van der Waals surface area contributed by atoms with E-state index in [2.05, 4.69) is 21.9 Å². The molecule has 29 heavy (non-hydrogen) atoms. The van der Waals surface area contributed by atoms with E-state index in [9.17, 15) is 0 Å². The van der Waals surface area contributed by atoms with Crippen LogP contribution in [0.15, 0.2) is 59.2 Å². The highest BCUT2D eigenvalue weighted by atomic mass is 16.5. The van der Waals surface area contributed by atoms with Crippen LogP contribution >= 0.6 is 0 Å². The highest BCUT2D eigenvalue weighted by Crippen LogP contribution is 2.29. The van der Waals surface area contributed by atoms with Crippen LogP contribution < -0.4 is 14.4 Å². The van der Waals surface area contributed by atoms with Crippen LogP contribution in [0.3, 0.4) is 0 Å². The molecule has 0 atom stereocenters. The summed E-state index contributed by atoms with van der Waals surface area (Å²) in [5.74, 6) is 2.31. The molecule has 1 aromatic heterocycles. The van der Waals surface area contributed by atoms with Crippen LogP contribution in [0.4, 0.5) is 5.69 Å². The van der Waals surface area contributed by atoms with E-state index in [4.69, 9.17) is 18.9 Å². The van der Waals surface area contributed by atoms with Crippen molar-refractivity contribution in [3.05, 3.63) is 60.5 Å². The van der Waals surface area contributed by atoms with Gasteiger partial charge in [0, 0.05) is 44.5 Å². The van der Waals surface area contributed by atoms with Crippen molar-refractivity contribution in [3.63, 3.8) is 0 Å². The smallest absolute Gasteiger partial charge is 0.229 e. The van der Waals surface area contributed by atoms with Gasteiger partial charge in [0.2, 0.25) is 5.89 Å². The molecule has 0 saturated carbocycles. The number of methoxy groups -OCH3 is 1. The number of nitrogens with zero attached hydrogens (tertiary/aromatic N) is 3. The van der Waals surface area contributed by atoms with E-state index in [0.717, 1.165) is 55.5 Å². The van der Waals surface area contributed by atoms with E-state index in [-0.39, 0.29) is 0 Å². The van der Waals surface area contributed by atoms with Gasteiger partial charge in [-0.2, -0.15) is 0 Å². The highest BCUT2D eigenvalue weighted by Gasteiger charge is 2.19. The molecule has 152 valence electrons. The summed E-state index contributed by atoms with van der Waals surface area (Å²) in [5.41, 5.74) is 3.05. The maximum atomic E-state index is 5.75. The third kappa shape index (κ3) is 4.54. The molecule has 0 radical (unpaired) electrons. The number of hydrogen-bond acceptors (Lipinski definition) is 6. The Kier molecular flexibility index (Phi) is 6.00. The maximum Gasteiger partial charge on any atom is 0.229 e. The van der Waals surface area contributed by atoms with E-state index in [1.807, 2.05) is 43.3 Å². The van der Waals surface area contributed by atoms with E-state index in [0.29, 0.717) is 12.5 Å². The quantitative estimate of drug-likeness (QED) is 0.603. The van der Waals surface area contributed by atoms with Crippen LogP contribution in [0.2, 0.25) is 0 Å². The molecule has 0 N–H and O–H groups in total. The number of benzene rings is 2. The molecule has 6 heteroatoms. The minimum Gasteiger partial charge on any atom is -0.497 e. The van der Waals surface area contributed by atoms with E-state index in [1.165, 1.54) is 5.69 Å². The summed E-state index contributed by atoms with van der Waals surface area (Å²) in [6.07, 6.45) is 1.76. The zero-order valence-corrected chi connectivity index (χ0v) is 17.0. The van der Waals surface area contributed by atoms with Gasteiger partial charge in [0.25, 0.3) is 0 Å². The van der Waals surface area contributed by atoms with Gasteiger partial charge in [-0.1, -0.05) is 18.2 Å². The fraction of sp³-hybridized carbons (Fsp3) is 0.348. The first kappa shape index (κ1) is 19.3. The predicted octanol–water partition coefficient (Wildman–Crippen LogP) is 4.07. The minimum atomic E-state index is 0.610. The SMILES string of the molecule is CCOc1ccccc1-c1nc(CN2CCN(c3cccc(OC)c3)CC2)co1. The largest absolute Gasteiger partial charge is 0.497 e. The summed E-state index contributed by atoms with van der Waals surface area (Å²) in [7, 11) is 1.70. The van der Waals surface area contributed by atoms with Crippen molar-refractivity contribution in [1.82, 2.24) is 9.88 Å². The molecule has 0 amide bonds. The summed E-state index contributed by atoms with van der Waals surface area (Å²) in [5, 5.41) is 0. The van der Waals surface area contributed by atoms with Gasteiger partial charge >= 0.3 is 0 Å². The monoisotopic (exact) mass is 393 g/mol. The van der Waals surface area contributed by atoms with Gasteiger partial charge in [-0.15, -0.1) is 0 Å². The number of ether oxygens (including phenoxy) is 2. The second-order valence-electron chi connectivity index (χ2n) is 7.04. The Morgan fingerprint density at radius 3 is 2.66 bits per heavy atom. The van der Waals surface area contributed by atoms with Gasteiger partial charge in [0.05, 0.1) is 25.0 Å². The Morgan fingerprint density at radius 1 is 1.03 bits per heavy atom. The van der Waals surface area contributed by atoms with Gasteiger partial charge in [-0.25, -0.2) is 4.98 Å². The molecule has 2 heterocycles. The first-order valence-corrected chi connectivity index (χ1v) is 10.0. The molecular weight excluding hydrogens is 366 g/mol. The lowest BCUT2D eigenvalue weighted by atomic mass is 10.2. The van der Waals surface area contributed by atoms with E-state index in [1.54, 1.807) is 13.4 Å². The van der Waals surface area contributed by atoms with Crippen LogP contribution in [0, 0.1) is 0 Å². The minimum absolute atomic E-state index is 0.610. The fourth-order valence-electron chi connectivity index (χ4n) is 3.63. The molecule has 4 rings (SSSR count). The third-order valence-electron chi connectivity index (χ3n) is 5.15. The van der Waals surface area contributed by atoms with Crippen LogP contribution in [0.25, 0.3) is 11.5 Å². The Balaban J connectivity index is 1.37. The summed E-state index contributed by atoms with van der Waals surface area (Å²) in [6.45, 7) is 7.29. The van der Waals surface area contributed by atoms with Crippen LogP contribution in [-0.2, 0) is 6.54 Å². The Hall–Kier alpha value is -2.99. The maximum absolute atomic E-state index is 5.75. The number of rotatable bonds is 7. The highest BCUT2D eigenvalue weighted by molar-refractivity contribution is 5.62. The lowest BCUT2D eigenvalue weighted by molar-refractivity contribution is 0.247. The summed E-state index contributed by atoms with van der Waals surface area (Å²) in [4.78, 5) is 9.50. The number of piperazine rings is 1. The van der Waals surface area contributed by atoms with Crippen molar-refractivity contribution >= 4 is 5.69 Å². The van der Waals surface area contributed by atoms with Crippen molar-refractivity contribution in [2.24, 2.45) is 0 Å². The molecule has 1 saturated heterocycles. The average molecular weight is 393 g/mol. The van der Waals surface area contributed by atoms with E-state index < -0.39 is 0 Å². The summed E-state index contributed by atoms with van der Waals surface area (Å²) >= 11 is 0. The topological polar surface area (TPSA) is 51.0 Å². The molecule has 0 bridgehead atoms. The summed E-state index contributed by atoms with van der Waals surface area (Å²) < 4.78 is 16.8. The normalized spacial score (nSPS) is 14.8. The molecule has 1 aliphatic heterocycles. The molecule has 1 fully saturated rings. The van der Waals surface area contributed by atoms with Crippen molar-refractivity contribution in [1.29, 1.82) is 0 Å². The third-order valence-corrected chi connectivity index (χ3v) is 5.15. The second kappa shape index (κ2) is 9.01. The molecule has 2 aromatic carbocycles. The predicted molar refractivity (Wildman–Crippen MR) is 114 cm³/mol. The molecule has 0 unspecified atom stereocenters. The van der Waals surface area contributed by atoms with Crippen molar-refractivity contribution in [2.45, 2.75) is 13.5 Å². The number of hydrogen-bond donors (Lipinski definition) is 0. The molecule has 0 spiro atoms. The lowest BCUT2D eigenvalue weighted by Gasteiger charge is -2.35. The number of aromatic nitrogens is 1. The lowest BCUT2D eigenvalue weighted by Crippen LogP contribution is -2.46. The first-order chi connectivity index (χ1) is 14.3. The molecular formula is C23H27N3O3. The Morgan fingerprint density at radius 2 is 1.86 bits per heavy atom. The molecule has 1 aliphatic rings. The van der Waals surface area contributed by atoms with Gasteiger partial charge in [0.1, 0.15) is 17.8 Å². The van der Waals surface area contributed by atoms with Crippen molar-refractivity contribution < 1.29 is 13.9 Å². The number of oxazole rings is 1. The van der Waals surface area contributed by atoms with Crippen LogP contribution in [0.1, 0.15) is 12.6 Å². The van der Waals surface area contributed by atoms with Crippen LogP contribution in [-0.4, -0.2) is 49.8 Å².